The van der Waals surface area contributed by atoms with Crippen LogP contribution >= 0.6 is 0 Å². The first-order valence-electron chi connectivity index (χ1n) is 10.4. The first kappa shape index (κ1) is 19.1. The summed E-state index contributed by atoms with van der Waals surface area (Å²) in [6.45, 7) is 6.88. The predicted octanol–water partition coefficient (Wildman–Crippen LogP) is 3.97. The second-order valence-corrected chi connectivity index (χ2v) is 10.8. The lowest BCUT2D eigenvalue weighted by molar-refractivity contribution is 0.193. The van der Waals surface area contributed by atoms with Crippen molar-refractivity contribution in [1.82, 2.24) is 5.32 Å². The van der Waals surface area contributed by atoms with E-state index in [1.54, 1.807) is 0 Å². The van der Waals surface area contributed by atoms with E-state index in [0.717, 1.165) is 37.1 Å². The Labute approximate surface area is 154 Å². The zero-order chi connectivity index (χ0) is 17.5. The molecule has 4 heteroatoms. The SMILES string of the molecule is CCO[Si](CCCC1CNC2CCCCC12)(OCC)c1ccccc1. The van der Waals surface area contributed by atoms with Gasteiger partial charge in [-0.2, -0.15) is 0 Å². The van der Waals surface area contributed by atoms with Crippen molar-refractivity contribution in [2.24, 2.45) is 11.8 Å². The molecular weight excluding hydrogens is 326 g/mol. The van der Waals surface area contributed by atoms with Crippen LogP contribution in [0.4, 0.5) is 0 Å². The molecule has 0 bridgehead atoms. The van der Waals surface area contributed by atoms with Crippen LogP contribution in [0.3, 0.4) is 0 Å². The zero-order valence-corrected chi connectivity index (χ0v) is 17.0. The number of rotatable bonds is 9. The standard InChI is InChI=1S/C21H35NO2Si/c1-3-23-25(24-4-2,19-12-6-5-7-13-19)16-10-11-18-17-22-21-15-9-8-14-20(18)21/h5-7,12-13,18,20-22H,3-4,8-11,14-17H2,1-2H3. The van der Waals surface area contributed by atoms with Gasteiger partial charge in [0.1, 0.15) is 0 Å². The minimum atomic E-state index is -2.31. The number of nitrogens with one attached hydrogen (secondary N) is 1. The molecule has 3 rings (SSSR count). The Kier molecular flexibility index (Phi) is 7.11. The van der Waals surface area contributed by atoms with Crippen molar-refractivity contribution in [3.05, 3.63) is 30.3 Å². The molecule has 2 fully saturated rings. The van der Waals surface area contributed by atoms with Crippen molar-refractivity contribution >= 4 is 13.7 Å². The summed E-state index contributed by atoms with van der Waals surface area (Å²) in [4.78, 5) is 0. The summed E-state index contributed by atoms with van der Waals surface area (Å²) < 4.78 is 12.7. The van der Waals surface area contributed by atoms with Crippen LogP contribution in [0.5, 0.6) is 0 Å². The lowest BCUT2D eigenvalue weighted by atomic mass is 9.78. The molecule has 1 aromatic carbocycles. The van der Waals surface area contributed by atoms with Crippen LogP contribution in [-0.4, -0.2) is 34.4 Å². The Bertz CT molecular complexity index is 504. The Morgan fingerprint density at radius 1 is 1.04 bits per heavy atom. The van der Waals surface area contributed by atoms with Gasteiger partial charge in [-0.05, 0) is 62.7 Å². The molecule has 1 aromatic rings. The highest BCUT2D eigenvalue weighted by Gasteiger charge is 2.41. The van der Waals surface area contributed by atoms with Gasteiger partial charge >= 0.3 is 8.56 Å². The number of hydrogen-bond donors (Lipinski definition) is 1. The average Bonchev–Trinajstić information content (AvgIpc) is 3.06. The van der Waals surface area contributed by atoms with E-state index >= 15 is 0 Å². The third-order valence-electron chi connectivity index (χ3n) is 6.12. The number of hydrogen-bond acceptors (Lipinski definition) is 3. The van der Waals surface area contributed by atoms with Crippen LogP contribution < -0.4 is 10.5 Å². The molecule has 1 aliphatic carbocycles. The fraction of sp³-hybridized carbons (Fsp3) is 0.714. The first-order valence-corrected chi connectivity index (χ1v) is 12.4. The third kappa shape index (κ3) is 4.54. The molecule has 25 heavy (non-hydrogen) atoms. The smallest absolute Gasteiger partial charge is 0.372 e. The Balaban J connectivity index is 1.62. The van der Waals surface area contributed by atoms with Crippen molar-refractivity contribution in [3.63, 3.8) is 0 Å². The molecule has 2 aliphatic rings. The molecule has 3 nitrogen and oxygen atoms in total. The maximum absolute atomic E-state index is 6.33. The van der Waals surface area contributed by atoms with Crippen molar-refractivity contribution in [2.75, 3.05) is 19.8 Å². The van der Waals surface area contributed by atoms with Gasteiger partial charge in [-0.25, -0.2) is 0 Å². The van der Waals surface area contributed by atoms with Crippen molar-refractivity contribution in [3.8, 4) is 0 Å². The normalized spacial score (nSPS) is 26.6. The lowest BCUT2D eigenvalue weighted by Gasteiger charge is -2.32. The monoisotopic (exact) mass is 361 g/mol. The Hall–Kier alpha value is -0.683. The van der Waals surface area contributed by atoms with Crippen molar-refractivity contribution in [2.45, 2.75) is 64.5 Å². The van der Waals surface area contributed by atoms with Crippen LogP contribution in [0.25, 0.3) is 0 Å². The summed E-state index contributed by atoms with van der Waals surface area (Å²) >= 11 is 0. The van der Waals surface area contributed by atoms with E-state index in [1.807, 2.05) is 0 Å². The van der Waals surface area contributed by atoms with Gasteiger partial charge in [-0.1, -0.05) is 49.6 Å². The molecule has 140 valence electrons. The molecule has 3 unspecified atom stereocenters. The van der Waals surface area contributed by atoms with E-state index in [2.05, 4.69) is 49.5 Å². The molecule has 1 aliphatic heterocycles. The summed E-state index contributed by atoms with van der Waals surface area (Å²) in [5, 5.41) is 5.08. The molecule has 0 spiro atoms. The molecule has 1 N–H and O–H groups in total. The molecule has 0 amide bonds. The first-order chi connectivity index (χ1) is 12.3. The maximum atomic E-state index is 6.33. The summed E-state index contributed by atoms with van der Waals surface area (Å²) in [7, 11) is -2.31. The largest absolute Gasteiger partial charge is 0.391 e. The molecule has 1 saturated heterocycles. The van der Waals surface area contributed by atoms with E-state index < -0.39 is 8.56 Å². The second-order valence-electron chi connectivity index (χ2n) is 7.60. The quantitative estimate of drug-likeness (QED) is 0.675. The van der Waals surface area contributed by atoms with Gasteiger partial charge in [0, 0.05) is 19.3 Å². The van der Waals surface area contributed by atoms with E-state index in [-0.39, 0.29) is 0 Å². The van der Waals surface area contributed by atoms with Crippen LogP contribution in [0.2, 0.25) is 6.04 Å². The number of fused-ring (bicyclic) bond motifs is 1. The Morgan fingerprint density at radius 3 is 2.48 bits per heavy atom. The van der Waals surface area contributed by atoms with Gasteiger partial charge in [-0.15, -0.1) is 0 Å². The summed E-state index contributed by atoms with van der Waals surface area (Å²) in [5.74, 6) is 1.77. The zero-order valence-electron chi connectivity index (χ0n) is 16.0. The van der Waals surface area contributed by atoms with Crippen LogP contribution in [0, 0.1) is 11.8 Å². The van der Waals surface area contributed by atoms with E-state index in [1.165, 1.54) is 50.3 Å². The molecule has 3 atom stereocenters. The summed E-state index contributed by atoms with van der Waals surface area (Å²) in [6.07, 6.45) is 8.20. The second kappa shape index (κ2) is 9.31. The fourth-order valence-corrected chi connectivity index (χ4v) is 8.30. The maximum Gasteiger partial charge on any atom is 0.372 e. The summed E-state index contributed by atoms with van der Waals surface area (Å²) in [6, 6.07) is 12.6. The summed E-state index contributed by atoms with van der Waals surface area (Å²) in [5.41, 5.74) is 0. The highest BCUT2D eigenvalue weighted by Crippen LogP contribution is 2.37. The average molecular weight is 362 g/mol. The molecule has 0 radical (unpaired) electrons. The van der Waals surface area contributed by atoms with Gasteiger partial charge in [0.05, 0.1) is 0 Å². The van der Waals surface area contributed by atoms with Crippen LogP contribution in [0.15, 0.2) is 30.3 Å². The minimum Gasteiger partial charge on any atom is -0.391 e. The van der Waals surface area contributed by atoms with E-state index in [4.69, 9.17) is 8.85 Å². The molecular formula is C21H35NO2Si. The highest BCUT2D eigenvalue weighted by atomic mass is 28.4. The van der Waals surface area contributed by atoms with Gasteiger partial charge < -0.3 is 14.2 Å². The molecule has 1 saturated carbocycles. The van der Waals surface area contributed by atoms with Crippen LogP contribution in [0.1, 0.15) is 52.4 Å². The van der Waals surface area contributed by atoms with Gasteiger partial charge in [0.2, 0.25) is 0 Å². The lowest BCUT2D eigenvalue weighted by Crippen LogP contribution is -2.53. The minimum absolute atomic E-state index is 0.733. The van der Waals surface area contributed by atoms with Crippen molar-refractivity contribution in [1.29, 1.82) is 0 Å². The Morgan fingerprint density at radius 2 is 1.76 bits per heavy atom. The van der Waals surface area contributed by atoms with Crippen molar-refractivity contribution < 1.29 is 8.85 Å². The van der Waals surface area contributed by atoms with Crippen LogP contribution in [-0.2, 0) is 8.85 Å². The van der Waals surface area contributed by atoms with E-state index in [9.17, 15) is 0 Å². The molecule has 1 heterocycles. The topological polar surface area (TPSA) is 30.5 Å². The number of benzene rings is 1. The van der Waals surface area contributed by atoms with Gasteiger partial charge in [-0.3, -0.25) is 0 Å². The predicted molar refractivity (Wildman–Crippen MR) is 106 cm³/mol. The van der Waals surface area contributed by atoms with E-state index in [0.29, 0.717) is 0 Å². The molecule has 0 aromatic heterocycles. The fourth-order valence-electron chi connectivity index (χ4n) is 5.00. The van der Waals surface area contributed by atoms with Gasteiger partial charge in [0.25, 0.3) is 0 Å². The van der Waals surface area contributed by atoms with Gasteiger partial charge in [0.15, 0.2) is 0 Å². The highest BCUT2D eigenvalue weighted by molar-refractivity contribution is 6.81. The third-order valence-corrected chi connectivity index (χ3v) is 9.85.